The summed E-state index contributed by atoms with van der Waals surface area (Å²) >= 11 is 1.10. The third-order valence-corrected chi connectivity index (χ3v) is 3.69. The Kier molecular flexibility index (Phi) is 4.89. The van der Waals surface area contributed by atoms with Crippen molar-refractivity contribution in [2.24, 2.45) is 0 Å². The number of benzene rings is 1. The van der Waals surface area contributed by atoms with Gasteiger partial charge in [-0.2, -0.15) is 0 Å². The van der Waals surface area contributed by atoms with Crippen LogP contribution < -0.4 is 10.6 Å². The molecule has 7 heteroatoms. The van der Waals surface area contributed by atoms with E-state index in [9.17, 15) is 9.59 Å². The van der Waals surface area contributed by atoms with Crippen LogP contribution in [0.3, 0.4) is 0 Å². The minimum absolute atomic E-state index is 0.121. The second-order valence-corrected chi connectivity index (χ2v) is 5.19. The highest BCUT2D eigenvalue weighted by Crippen LogP contribution is 2.23. The number of aryl methyl sites for hydroxylation is 1. The molecule has 1 heterocycles. The largest absolute Gasteiger partial charge is 0.465 e. The lowest BCUT2D eigenvalue weighted by atomic mass is 10.3. The van der Waals surface area contributed by atoms with Crippen LogP contribution in [0.5, 0.6) is 0 Å². The summed E-state index contributed by atoms with van der Waals surface area (Å²) in [5, 5.41) is 6.03. The molecule has 2 rings (SSSR count). The summed E-state index contributed by atoms with van der Waals surface area (Å²) in [6.45, 7) is 1.82. The number of carbonyl (C=O) groups is 2. The number of hydrogen-bond acceptors (Lipinski definition) is 6. The van der Waals surface area contributed by atoms with Gasteiger partial charge in [-0.3, -0.25) is 4.79 Å². The Hall–Kier alpha value is -2.41. The van der Waals surface area contributed by atoms with Crippen LogP contribution >= 0.6 is 11.3 Å². The van der Waals surface area contributed by atoms with Gasteiger partial charge in [-0.1, -0.05) is 29.5 Å². The molecule has 0 fully saturated rings. The number of rotatable bonds is 5. The third-order valence-electron chi connectivity index (χ3n) is 2.64. The third kappa shape index (κ3) is 4.03. The fourth-order valence-electron chi connectivity index (χ4n) is 1.63. The number of esters is 1. The lowest BCUT2D eigenvalue weighted by molar-refractivity contribution is -0.114. The van der Waals surface area contributed by atoms with Crippen molar-refractivity contribution in [1.82, 2.24) is 4.98 Å². The van der Waals surface area contributed by atoms with Gasteiger partial charge in [-0.15, -0.1) is 0 Å². The quantitative estimate of drug-likeness (QED) is 0.828. The van der Waals surface area contributed by atoms with Gasteiger partial charge in [0.2, 0.25) is 5.91 Å². The molecule has 2 aromatic rings. The molecule has 0 saturated heterocycles. The van der Waals surface area contributed by atoms with E-state index in [1.165, 1.54) is 7.11 Å². The molecule has 2 N–H and O–H groups in total. The zero-order valence-corrected chi connectivity index (χ0v) is 12.5. The second-order valence-electron chi connectivity index (χ2n) is 4.19. The number of amides is 1. The minimum Gasteiger partial charge on any atom is -0.465 e. The lowest BCUT2D eigenvalue weighted by Crippen LogP contribution is -2.21. The van der Waals surface area contributed by atoms with Gasteiger partial charge < -0.3 is 15.4 Å². The van der Waals surface area contributed by atoms with Crippen molar-refractivity contribution in [3.63, 3.8) is 0 Å². The van der Waals surface area contributed by atoms with Gasteiger partial charge in [0.05, 0.1) is 19.3 Å². The zero-order chi connectivity index (χ0) is 15.2. The number of hydrogen-bond donors (Lipinski definition) is 2. The molecule has 0 aliphatic heterocycles. The van der Waals surface area contributed by atoms with E-state index in [1.54, 1.807) is 6.92 Å². The number of nitrogens with one attached hydrogen (secondary N) is 2. The summed E-state index contributed by atoms with van der Waals surface area (Å²) in [4.78, 5) is 27.8. The summed E-state index contributed by atoms with van der Waals surface area (Å²) in [7, 11) is 1.31. The Balaban J connectivity index is 1.92. The summed E-state index contributed by atoms with van der Waals surface area (Å²) in [5.41, 5.74) is 1.40. The smallest absolute Gasteiger partial charge is 0.350 e. The van der Waals surface area contributed by atoms with Crippen LogP contribution in [0, 0.1) is 6.92 Å². The van der Waals surface area contributed by atoms with E-state index in [2.05, 4.69) is 20.4 Å². The van der Waals surface area contributed by atoms with Crippen molar-refractivity contribution in [2.45, 2.75) is 6.92 Å². The van der Waals surface area contributed by atoms with Crippen molar-refractivity contribution >= 4 is 34.0 Å². The van der Waals surface area contributed by atoms with E-state index in [-0.39, 0.29) is 12.5 Å². The Morgan fingerprint density at radius 2 is 2.00 bits per heavy atom. The van der Waals surface area contributed by atoms with Gasteiger partial charge in [-0.05, 0) is 19.1 Å². The van der Waals surface area contributed by atoms with Gasteiger partial charge in [-0.25, -0.2) is 9.78 Å². The molecule has 0 aliphatic carbocycles. The molecule has 1 aromatic heterocycles. The van der Waals surface area contributed by atoms with E-state index in [1.807, 2.05) is 30.3 Å². The highest BCUT2D eigenvalue weighted by atomic mass is 32.1. The molecule has 0 atom stereocenters. The summed E-state index contributed by atoms with van der Waals surface area (Å²) in [6, 6.07) is 9.41. The van der Waals surface area contributed by atoms with E-state index in [4.69, 9.17) is 0 Å². The van der Waals surface area contributed by atoms with Crippen LogP contribution in [0.25, 0.3) is 0 Å². The topological polar surface area (TPSA) is 80.3 Å². The van der Waals surface area contributed by atoms with Crippen LogP contribution in [0.1, 0.15) is 15.4 Å². The number of thiazole rings is 1. The number of para-hydroxylation sites is 1. The molecule has 0 saturated carbocycles. The molecule has 21 heavy (non-hydrogen) atoms. The fraction of sp³-hybridized carbons (Fsp3) is 0.214. The van der Waals surface area contributed by atoms with Crippen LogP contribution in [-0.2, 0) is 9.53 Å². The average molecular weight is 305 g/mol. The Labute approximate surface area is 126 Å². The van der Waals surface area contributed by atoms with Crippen molar-refractivity contribution in [3.05, 3.63) is 40.9 Å². The second kappa shape index (κ2) is 6.85. The molecule has 1 aromatic carbocycles. The van der Waals surface area contributed by atoms with Crippen molar-refractivity contribution in [1.29, 1.82) is 0 Å². The van der Waals surface area contributed by atoms with Gasteiger partial charge in [0.1, 0.15) is 4.88 Å². The standard InChI is InChI=1S/C14H15N3O3S/c1-9-12(13(19)20-2)21-14(16-9)17-11(18)8-15-10-6-4-3-5-7-10/h3-7,15H,8H2,1-2H3,(H,16,17,18). The maximum atomic E-state index is 11.8. The highest BCUT2D eigenvalue weighted by molar-refractivity contribution is 7.17. The molecule has 0 spiro atoms. The van der Waals surface area contributed by atoms with E-state index >= 15 is 0 Å². The van der Waals surface area contributed by atoms with Crippen molar-refractivity contribution in [3.8, 4) is 0 Å². The SMILES string of the molecule is COC(=O)c1sc(NC(=O)CNc2ccccc2)nc1C. The molecule has 1 amide bonds. The molecule has 0 unspecified atom stereocenters. The van der Waals surface area contributed by atoms with Gasteiger partial charge >= 0.3 is 5.97 Å². The number of carbonyl (C=O) groups excluding carboxylic acids is 2. The molecular formula is C14H15N3O3S. The van der Waals surface area contributed by atoms with Crippen molar-refractivity contribution in [2.75, 3.05) is 24.3 Å². The molecule has 6 nitrogen and oxygen atoms in total. The number of anilines is 2. The summed E-state index contributed by atoms with van der Waals surface area (Å²) in [5.74, 6) is -0.683. The molecule has 0 aliphatic rings. The van der Waals surface area contributed by atoms with E-state index in [0.29, 0.717) is 15.7 Å². The maximum absolute atomic E-state index is 11.8. The molecule has 0 bridgehead atoms. The first kappa shape index (κ1) is 15.0. The van der Waals surface area contributed by atoms with Gasteiger partial charge in [0.15, 0.2) is 5.13 Å². The van der Waals surface area contributed by atoms with E-state index in [0.717, 1.165) is 17.0 Å². The predicted molar refractivity (Wildman–Crippen MR) is 81.8 cm³/mol. The van der Waals surface area contributed by atoms with Crippen LogP contribution in [0.4, 0.5) is 10.8 Å². The Morgan fingerprint density at radius 3 is 2.67 bits per heavy atom. The first-order valence-corrected chi connectivity index (χ1v) is 7.06. The predicted octanol–water partition coefficient (Wildman–Crippen LogP) is 2.29. The summed E-state index contributed by atoms with van der Waals surface area (Å²) < 4.78 is 4.65. The van der Waals surface area contributed by atoms with Crippen molar-refractivity contribution < 1.29 is 14.3 Å². The minimum atomic E-state index is -0.451. The Morgan fingerprint density at radius 1 is 1.29 bits per heavy atom. The van der Waals surface area contributed by atoms with Gasteiger partial charge in [0, 0.05) is 5.69 Å². The first-order valence-electron chi connectivity index (χ1n) is 6.24. The fourth-order valence-corrected chi connectivity index (χ4v) is 2.53. The highest BCUT2D eigenvalue weighted by Gasteiger charge is 2.16. The number of ether oxygens (including phenoxy) is 1. The number of methoxy groups -OCH3 is 1. The Bertz CT molecular complexity index is 640. The lowest BCUT2D eigenvalue weighted by Gasteiger charge is -2.05. The molecule has 0 radical (unpaired) electrons. The normalized spacial score (nSPS) is 10.0. The zero-order valence-electron chi connectivity index (χ0n) is 11.7. The average Bonchev–Trinajstić information content (AvgIpc) is 2.86. The molecular weight excluding hydrogens is 290 g/mol. The first-order chi connectivity index (χ1) is 10.1. The number of aromatic nitrogens is 1. The van der Waals surface area contributed by atoms with Crippen LogP contribution in [0.2, 0.25) is 0 Å². The monoisotopic (exact) mass is 305 g/mol. The molecule has 110 valence electrons. The maximum Gasteiger partial charge on any atom is 0.350 e. The van der Waals surface area contributed by atoms with Crippen LogP contribution in [0.15, 0.2) is 30.3 Å². The summed E-state index contributed by atoms with van der Waals surface area (Å²) in [6.07, 6.45) is 0. The van der Waals surface area contributed by atoms with E-state index < -0.39 is 5.97 Å². The number of nitrogens with zero attached hydrogens (tertiary/aromatic N) is 1. The van der Waals surface area contributed by atoms with Crippen LogP contribution in [-0.4, -0.2) is 30.5 Å². The van der Waals surface area contributed by atoms with Gasteiger partial charge in [0.25, 0.3) is 0 Å².